The van der Waals surface area contributed by atoms with E-state index in [0.29, 0.717) is 13.2 Å². The summed E-state index contributed by atoms with van der Waals surface area (Å²) in [6, 6.07) is 0. The van der Waals surface area contributed by atoms with Gasteiger partial charge in [-0.1, -0.05) is 12.8 Å². The summed E-state index contributed by atoms with van der Waals surface area (Å²) in [6.45, 7) is 3.32. The van der Waals surface area contributed by atoms with Gasteiger partial charge in [-0.05, 0) is 19.8 Å². The van der Waals surface area contributed by atoms with Crippen LogP contribution >= 0.6 is 0 Å². The zero-order valence-corrected chi connectivity index (χ0v) is 8.71. The first-order valence-electron chi connectivity index (χ1n) is 5.09. The van der Waals surface area contributed by atoms with Gasteiger partial charge in [-0.15, -0.1) is 0 Å². The van der Waals surface area contributed by atoms with Gasteiger partial charge in [0.2, 0.25) is 0 Å². The van der Waals surface area contributed by atoms with E-state index in [9.17, 15) is 0 Å². The van der Waals surface area contributed by atoms with Gasteiger partial charge in [0.05, 0.1) is 18.3 Å². The Kier molecular flexibility index (Phi) is 4.16. The van der Waals surface area contributed by atoms with Gasteiger partial charge in [-0.2, -0.15) is 0 Å². The third kappa shape index (κ3) is 2.93. The highest BCUT2D eigenvalue weighted by Crippen LogP contribution is 2.32. The number of hydrogen-bond acceptors (Lipinski definition) is 3. The molecular weight excluding hydrogens is 166 g/mol. The molecule has 0 aliphatic heterocycles. The van der Waals surface area contributed by atoms with Gasteiger partial charge in [-0.25, -0.2) is 0 Å². The van der Waals surface area contributed by atoms with Gasteiger partial charge < -0.3 is 15.2 Å². The molecule has 3 heteroatoms. The lowest BCUT2D eigenvalue weighted by atomic mass is 10.0. The Labute approximate surface area is 80.6 Å². The maximum Gasteiger partial charge on any atom is 0.0805 e. The van der Waals surface area contributed by atoms with Crippen LogP contribution in [0.5, 0.6) is 0 Å². The van der Waals surface area contributed by atoms with E-state index >= 15 is 0 Å². The highest BCUT2D eigenvalue weighted by Gasteiger charge is 2.33. The van der Waals surface area contributed by atoms with Crippen molar-refractivity contribution in [3.05, 3.63) is 0 Å². The van der Waals surface area contributed by atoms with Crippen molar-refractivity contribution < 1.29 is 9.47 Å². The van der Waals surface area contributed by atoms with Crippen molar-refractivity contribution in [2.75, 3.05) is 20.3 Å². The van der Waals surface area contributed by atoms with Crippen LogP contribution in [0.4, 0.5) is 0 Å². The van der Waals surface area contributed by atoms with Gasteiger partial charge in [0.1, 0.15) is 0 Å². The lowest BCUT2D eigenvalue weighted by Gasteiger charge is -2.28. The predicted octanol–water partition coefficient (Wildman–Crippen LogP) is 1.31. The minimum Gasteiger partial charge on any atom is -0.379 e. The minimum atomic E-state index is -0.0349. The molecule has 1 atom stereocenters. The van der Waals surface area contributed by atoms with Crippen molar-refractivity contribution in [3.63, 3.8) is 0 Å². The largest absolute Gasteiger partial charge is 0.379 e. The predicted molar refractivity (Wildman–Crippen MR) is 52.7 cm³/mol. The molecule has 0 bridgehead atoms. The molecule has 0 aromatic heterocycles. The third-order valence-corrected chi connectivity index (χ3v) is 2.91. The number of nitrogens with two attached hydrogens (primary N) is 1. The standard InChI is InChI=1S/C10H21NO2/c1-9(12-2)7-13-10(8-11)5-3-4-6-10/h9H,3-8,11H2,1-2H3. The number of ether oxygens (including phenoxy) is 2. The Bertz CT molecular complexity index is 144. The fraction of sp³-hybridized carbons (Fsp3) is 1.00. The number of hydrogen-bond donors (Lipinski definition) is 1. The number of rotatable bonds is 5. The molecule has 2 N–H and O–H groups in total. The number of methoxy groups -OCH3 is 1. The second kappa shape index (κ2) is 4.94. The Morgan fingerprint density at radius 2 is 2.00 bits per heavy atom. The maximum atomic E-state index is 5.84. The molecule has 3 nitrogen and oxygen atoms in total. The Morgan fingerprint density at radius 1 is 1.38 bits per heavy atom. The van der Waals surface area contributed by atoms with Crippen LogP contribution in [0.1, 0.15) is 32.6 Å². The Hall–Kier alpha value is -0.120. The van der Waals surface area contributed by atoms with Gasteiger partial charge in [0.25, 0.3) is 0 Å². The lowest BCUT2D eigenvalue weighted by molar-refractivity contribution is -0.0754. The van der Waals surface area contributed by atoms with E-state index in [-0.39, 0.29) is 11.7 Å². The molecule has 1 aliphatic carbocycles. The van der Waals surface area contributed by atoms with Crippen LogP contribution in [-0.2, 0) is 9.47 Å². The summed E-state index contributed by atoms with van der Waals surface area (Å²) in [5.74, 6) is 0. The van der Waals surface area contributed by atoms with Crippen LogP contribution < -0.4 is 5.73 Å². The first-order chi connectivity index (χ1) is 6.22. The van der Waals surface area contributed by atoms with E-state index in [4.69, 9.17) is 15.2 Å². The van der Waals surface area contributed by atoms with Crippen LogP contribution in [0.25, 0.3) is 0 Å². The molecule has 1 fully saturated rings. The van der Waals surface area contributed by atoms with Crippen molar-refractivity contribution in [1.29, 1.82) is 0 Å². The van der Waals surface area contributed by atoms with Gasteiger partial charge in [-0.3, -0.25) is 0 Å². The molecule has 0 spiro atoms. The van der Waals surface area contributed by atoms with E-state index in [1.807, 2.05) is 6.92 Å². The molecule has 13 heavy (non-hydrogen) atoms. The second-order valence-corrected chi connectivity index (χ2v) is 3.95. The normalized spacial score (nSPS) is 23.3. The topological polar surface area (TPSA) is 44.5 Å². The summed E-state index contributed by atoms with van der Waals surface area (Å²) in [4.78, 5) is 0. The van der Waals surface area contributed by atoms with E-state index in [1.54, 1.807) is 7.11 Å². The monoisotopic (exact) mass is 187 g/mol. The molecule has 1 saturated carbocycles. The Morgan fingerprint density at radius 3 is 2.46 bits per heavy atom. The lowest BCUT2D eigenvalue weighted by Crippen LogP contribution is -2.39. The smallest absolute Gasteiger partial charge is 0.0805 e. The molecular formula is C10H21NO2. The third-order valence-electron chi connectivity index (χ3n) is 2.91. The first-order valence-corrected chi connectivity index (χ1v) is 5.09. The molecule has 0 aromatic rings. The van der Waals surface area contributed by atoms with E-state index in [1.165, 1.54) is 12.8 Å². The molecule has 0 aromatic carbocycles. The molecule has 0 radical (unpaired) electrons. The van der Waals surface area contributed by atoms with Crippen molar-refractivity contribution in [2.45, 2.75) is 44.3 Å². The summed E-state index contributed by atoms with van der Waals surface area (Å²) in [7, 11) is 1.71. The molecule has 1 aliphatic rings. The average molecular weight is 187 g/mol. The summed E-state index contributed by atoms with van der Waals surface area (Å²) in [5, 5.41) is 0. The van der Waals surface area contributed by atoms with Crippen molar-refractivity contribution in [3.8, 4) is 0 Å². The molecule has 1 rings (SSSR count). The van der Waals surface area contributed by atoms with Gasteiger partial charge >= 0.3 is 0 Å². The molecule has 0 heterocycles. The highest BCUT2D eigenvalue weighted by molar-refractivity contribution is 4.87. The van der Waals surface area contributed by atoms with Crippen LogP contribution in [0, 0.1) is 0 Å². The summed E-state index contributed by atoms with van der Waals surface area (Å²) >= 11 is 0. The summed E-state index contributed by atoms with van der Waals surface area (Å²) < 4.78 is 11.0. The average Bonchev–Trinajstić information content (AvgIpc) is 2.63. The minimum absolute atomic E-state index is 0.0349. The van der Waals surface area contributed by atoms with Crippen molar-refractivity contribution in [2.24, 2.45) is 5.73 Å². The van der Waals surface area contributed by atoms with Crippen LogP contribution in [0.15, 0.2) is 0 Å². The molecule has 0 saturated heterocycles. The quantitative estimate of drug-likeness (QED) is 0.705. The van der Waals surface area contributed by atoms with Crippen molar-refractivity contribution >= 4 is 0 Å². The molecule has 1 unspecified atom stereocenters. The zero-order chi connectivity index (χ0) is 9.73. The molecule has 78 valence electrons. The van der Waals surface area contributed by atoms with E-state index < -0.39 is 0 Å². The van der Waals surface area contributed by atoms with Gasteiger partial charge in [0.15, 0.2) is 0 Å². The van der Waals surface area contributed by atoms with Gasteiger partial charge in [0, 0.05) is 13.7 Å². The first kappa shape index (κ1) is 11.0. The SMILES string of the molecule is COC(C)COC1(CN)CCCC1. The maximum absolute atomic E-state index is 5.84. The fourth-order valence-electron chi connectivity index (χ4n) is 1.79. The summed E-state index contributed by atoms with van der Waals surface area (Å²) in [6.07, 6.45) is 4.89. The summed E-state index contributed by atoms with van der Waals surface area (Å²) in [5.41, 5.74) is 5.70. The van der Waals surface area contributed by atoms with Crippen LogP contribution in [-0.4, -0.2) is 32.0 Å². The van der Waals surface area contributed by atoms with Crippen LogP contribution in [0.3, 0.4) is 0 Å². The Balaban J connectivity index is 2.31. The fourth-order valence-corrected chi connectivity index (χ4v) is 1.79. The van der Waals surface area contributed by atoms with Crippen LogP contribution in [0.2, 0.25) is 0 Å². The zero-order valence-electron chi connectivity index (χ0n) is 8.71. The van der Waals surface area contributed by atoms with E-state index in [0.717, 1.165) is 12.8 Å². The highest BCUT2D eigenvalue weighted by atomic mass is 16.5. The van der Waals surface area contributed by atoms with E-state index in [2.05, 4.69) is 0 Å². The second-order valence-electron chi connectivity index (χ2n) is 3.95. The van der Waals surface area contributed by atoms with Crippen molar-refractivity contribution in [1.82, 2.24) is 0 Å². The molecule has 0 amide bonds.